The van der Waals surface area contributed by atoms with Gasteiger partial charge in [-0.15, -0.1) is 5.10 Å². The molecule has 1 aromatic carbocycles. The van der Waals surface area contributed by atoms with Crippen LogP contribution in [-0.2, 0) is 5.54 Å². The third-order valence-electron chi connectivity index (χ3n) is 6.32. The minimum Gasteiger partial charge on any atom is -0.326 e. The quantitative estimate of drug-likeness (QED) is 0.539. The van der Waals surface area contributed by atoms with Gasteiger partial charge in [-0.3, -0.25) is 4.79 Å². The number of benzene rings is 1. The summed E-state index contributed by atoms with van der Waals surface area (Å²) in [6, 6.07) is 7.95. The molecule has 0 radical (unpaired) electrons. The molecule has 30 heavy (non-hydrogen) atoms. The average molecular weight is 412 g/mol. The first-order valence-corrected chi connectivity index (χ1v) is 10.9. The summed E-state index contributed by atoms with van der Waals surface area (Å²) in [5.41, 5.74) is 2.38. The monoisotopic (exact) mass is 411 g/mol. The van der Waals surface area contributed by atoms with Gasteiger partial charge in [0.25, 0.3) is 5.56 Å². The van der Waals surface area contributed by atoms with E-state index in [1.165, 1.54) is 4.90 Å². The maximum atomic E-state index is 13.3. The van der Waals surface area contributed by atoms with E-state index in [0.29, 0.717) is 0 Å². The molecule has 0 aliphatic carbocycles. The lowest BCUT2D eigenvalue weighted by Crippen LogP contribution is -3.28. The average Bonchev–Trinajstić information content (AvgIpc) is 3.20. The Morgan fingerprint density at radius 1 is 1.20 bits per heavy atom. The highest BCUT2D eigenvalue weighted by Crippen LogP contribution is 2.23. The van der Waals surface area contributed by atoms with Gasteiger partial charge in [0.15, 0.2) is 6.04 Å². The number of hydrogen-bond donors (Lipinski definition) is 3. The molecule has 0 bridgehead atoms. The Hall–Kier alpha value is -2.58. The molecule has 3 heterocycles. The highest BCUT2D eigenvalue weighted by molar-refractivity contribution is 5.82. The van der Waals surface area contributed by atoms with E-state index < -0.39 is 0 Å². The number of likely N-dealkylation sites (N-methyl/N-ethyl adjacent to an activating group) is 1. The zero-order valence-corrected chi connectivity index (χ0v) is 18.6. The number of rotatable bonds is 4. The highest BCUT2D eigenvalue weighted by Gasteiger charge is 2.38. The van der Waals surface area contributed by atoms with E-state index in [-0.39, 0.29) is 17.1 Å². The van der Waals surface area contributed by atoms with E-state index >= 15 is 0 Å². The molecule has 0 amide bonds. The molecular weight excluding hydrogens is 378 g/mol. The lowest BCUT2D eigenvalue weighted by atomic mass is 10.0. The van der Waals surface area contributed by atoms with Crippen LogP contribution >= 0.6 is 0 Å². The number of pyridine rings is 1. The lowest BCUT2D eigenvalue weighted by Gasteiger charge is -2.34. The third kappa shape index (κ3) is 3.77. The Labute approximate surface area is 176 Å². The number of H-pyrrole nitrogens is 1. The van der Waals surface area contributed by atoms with Crippen LogP contribution in [0.25, 0.3) is 10.9 Å². The number of para-hydroxylation sites is 1. The fourth-order valence-electron chi connectivity index (χ4n) is 4.57. The summed E-state index contributed by atoms with van der Waals surface area (Å²) in [6.07, 6.45) is 0. The van der Waals surface area contributed by atoms with Gasteiger partial charge in [-0.25, -0.2) is 4.68 Å². The smallest absolute Gasteiger partial charge is 0.258 e. The van der Waals surface area contributed by atoms with E-state index in [4.69, 9.17) is 0 Å². The molecule has 1 atom stereocenters. The van der Waals surface area contributed by atoms with Gasteiger partial charge in [0, 0.05) is 0 Å². The number of nitrogens with one attached hydrogen (secondary N) is 3. The van der Waals surface area contributed by atoms with Gasteiger partial charge in [0.1, 0.15) is 26.2 Å². The van der Waals surface area contributed by atoms with Crippen molar-refractivity contribution in [1.82, 2.24) is 25.2 Å². The number of aryl methyl sites for hydroxylation is 1. The van der Waals surface area contributed by atoms with E-state index in [1.54, 1.807) is 4.90 Å². The summed E-state index contributed by atoms with van der Waals surface area (Å²) in [5, 5.41) is 13.8. The topological polar surface area (TPSA) is 85.3 Å². The zero-order valence-electron chi connectivity index (χ0n) is 18.6. The summed E-state index contributed by atoms with van der Waals surface area (Å²) in [4.78, 5) is 19.4. The summed E-state index contributed by atoms with van der Waals surface area (Å²) in [5.74, 6) is 0.759. The normalized spacial score (nSPS) is 21.1. The van der Waals surface area contributed by atoms with E-state index in [1.807, 2.05) is 29.8 Å². The number of tetrazole rings is 1. The molecule has 3 N–H and O–H groups in total. The van der Waals surface area contributed by atoms with Gasteiger partial charge in [-0.2, -0.15) is 0 Å². The SMILES string of the molecule is CC[NH+]1CC[NH+]([C@@H](c2cc3cccc(C)c3[nH]c2=O)c2nnnn2C(C)(C)C)CC1. The van der Waals surface area contributed by atoms with Gasteiger partial charge < -0.3 is 14.8 Å². The molecule has 1 aliphatic rings. The standard InChI is InChI=1S/C22H31N7O/c1-6-27-10-12-28(13-11-27)19(20-24-25-26-29(20)22(3,4)5)17-14-16-9-7-8-15(2)18(16)23-21(17)30/h7-9,14,19H,6,10-13H2,1-5H3,(H,23,30)/p+2/t19-/m0/s1. The number of piperazine rings is 1. The summed E-state index contributed by atoms with van der Waals surface area (Å²) >= 11 is 0. The minimum atomic E-state index is -0.271. The maximum absolute atomic E-state index is 13.3. The Morgan fingerprint density at radius 2 is 1.93 bits per heavy atom. The molecule has 3 aromatic rings. The minimum absolute atomic E-state index is 0.0528. The largest absolute Gasteiger partial charge is 0.326 e. The first kappa shape index (κ1) is 20.7. The van der Waals surface area contributed by atoms with Crippen LogP contribution in [-0.4, -0.2) is 57.9 Å². The van der Waals surface area contributed by atoms with Gasteiger partial charge in [-0.1, -0.05) is 18.2 Å². The Bertz CT molecular complexity index is 1090. The van der Waals surface area contributed by atoms with Crippen LogP contribution in [0, 0.1) is 6.92 Å². The van der Waals surface area contributed by atoms with Crippen LogP contribution in [0.5, 0.6) is 0 Å². The molecule has 1 saturated heterocycles. The predicted molar refractivity (Wildman–Crippen MR) is 116 cm³/mol. The number of fused-ring (bicyclic) bond motifs is 1. The number of aromatic nitrogens is 5. The van der Waals surface area contributed by atoms with Crippen molar-refractivity contribution in [2.75, 3.05) is 32.7 Å². The van der Waals surface area contributed by atoms with Crippen molar-refractivity contribution in [2.24, 2.45) is 0 Å². The fraction of sp³-hybridized carbons (Fsp3) is 0.545. The van der Waals surface area contributed by atoms with E-state index in [2.05, 4.69) is 54.3 Å². The Kier molecular flexibility index (Phi) is 5.46. The number of quaternary nitrogens is 2. The van der Waals surface area contributed by atoms with Crippen LogP contribution in [0.3, 0.4) is 0 Å². The van der Waals surface area contributed by atoms with Gasteiger partial charge in [0.05, 0.1) is 23.2 Å². The molecule has 0 saturated carbocycles. The van der Waals surface area contributed by atoms with Crippen molar-refractivity contribution in [3.8, 4) is 0 Å². The number of nitrogens with zero attached hydrogens (tertiary/aromatic N) is 4. The number of aromatic amines is 1. The number of hydrogen-bond acceptors (Lipinski definition) is 4. The van der Waals surface area contributed by atoms with Crippen molar-refractivity contribution in [3.63, 3.8) is 0 Å². The first-order chi connectivity index (χ1) is 14.3. The Balaban J connectivity index is 1.87. The molecular formula is C22H33N7O+2. The van der Waals surface area contributed by atoms with E-state index in [0.717, 1.165) is 60.6 Å². The molecule has 0 spiro atoms. The molecule has 8 nitrogen and oxygen atoms in total. The van der Waals surface area contributed by atoms with Crippen LogP contribution in [0.1, 0.15) is 50.7 Å². The van der Waals surface area contributed by atoms with Crippen molar-refractivity contribution in [1.29, 1.82) is 0 Å². The van der Waals surface area contributed by atoms with Crippen LogP contribution in [0.2, 0.25) is 0 Å². The van der Waals surface area contributed by atoms with Crippen molar-refractivity contribution in [3.05, 3.63) is 51.6 Å². The first-order valence-electron chi connectivity index (χ1n) is 10.9. The van der Waals surface area contributed by atoms with Gasteiger partial charge >= 0.3 is 0 Å². The second-order valence-corrected chi connectivity index (χ2v) is 9.41. The van der Waals surface area contributed by atoms with Gasteiger partial charge in [0.2, 0.25) is 5.82 Å². The second kappa shape index (κ2) is 7.92. The third-order valence-corrected chi connectivity index (χ3v) is 6.32. The zero-order chi connectivity index (χ0) is 21.5. The van der Waals surface area contributed by atoms with Crippen LogP contribution < -0.4 is 15.4 Å². The van der Waals surface area contributed by atoms with Crippen molar-refractivity contribution < 1.29 is 9.80 Å². The van der Waals surface area contributed by atoms with Crippen LogP contribution in [0.4, 0.5) is 0 Å². The molecule has 0 unspecified atom stereocenters. The van der Waals surface area contributed by atoms with Crippen LogP contribution in [0.15, 0.2) is 29.1 Å². The van der Waals surface area contributed by atoms with Crippen molar-refractivity contribution >= 4 is 10.9 Å². The van der Waals surface area contributed by atoms with Crippen molar-refractivity contribution in [2.45, 2.75) is 46.2 Å². The molecule has 2 aromatic heterocycles. The lowest BCUT2D eigenvalue weighted by molar-refractivity contribution is -1.02. The maximum Gasteiger partial charge on any atom is 0.258 e. The molecule has 1 fully saturated rings. The fourth-order valence-corrected chi connectivity index (χ4v) is 4.57. The predicted octanol–water partition coefficient (Wildman–Crippen LogP) is -0.529. The van der Waals surface area contributed by atoms with Gasteiger partial charge in [-0.05, 0) is 62.1 Å². The van der Waals surface area contributed by atoms with E-state index in [9.17, 15) is 4.79 Å². The summed E-state index contributed by atoms with van der Waals surface area (Å²) in [7, 11) is 0. The summed E-state index contributed by atoms with van der Waals surface area (Å²) in [6.45, 7) is 15.8. The molecule has 1 aliphatic heterocycles. The molecule has 8 heteroatoms. The Morgan fingerprint density at radius 3 is 2.60 bits per heavy atom. The molecule has 160 valence electrons. The molecule has 4 rings (SSSR count). The highest BCUT2D eigenvalue weighted by atomic mass is 16.1. The second-order valence-electron chi connectivity index (χ2n) is 9.41. The summed E-state index contributed by atoms with van der Waals surface area (Å²) < 4.78 is 1.88.